The molecule has 0 saturated carbocycles. The molecule has 0 aromatic rings. The zero-order chi connectivity index (χ0) is 43.9. The van der Waals surface area contributed by atoms with Crippen molar-refractivity contribution < 1.29 is 62.0 Å². The van der Waals surface area contributed by atoms with Crippen LogP contribution in [-0.4, -0.2) is 102 Å². The molecule has 368 valence electrons. The van der Waals surface area contributed by atoms with E-state index in [2.05, 4.69) is 73.4 Å². The normalized spacial score (nSPS) is 12.3. The summed E-state index contributed by atoms with van der Waals surface area (Å²) in [6, 6.07) is 0. The monoisotopic (exact) mass is 997 g/mol. The SMILES string of the molecule is CCCCCCCCCCCCCCCC[N+](C)(C)CCOC(=O)NCC(C)CCC(C)(C)CNC(=O)OCC[N+](C)(C)CCCCCCCCCCCCCCCC.[Br-].[Br-]. The maximum absolute atomic E-state index is 12.5. The van der Waals surface area contributed by atoms with Crippen molar-refractivity contribution in [2.75, 3.05) is 80.7 Å². The molecule has 8 nitrogen and oxygen atoms in total. The number of likely N-dealkylation sites (N-methyl/N-ethyl adjacent to an activating group) is 2. The molecule has 0 rings (SSSR count). The van der Waals surface area contributed by atoms with Crippen LogP contribution >= 0.6 is 0 Å². The van der Waals surface area contributed by atoms with Crippen molar-refractivity contribution in [3.05, 3.63) is 0 Å². The third-order valence-electron chi connectivity index (χ3n) is 12.7. The highest BCUT2D eigenvalue weighted by atomic mass is 79.9. The van der Waals surface area contributed by atoms with Gasteiger partial charge in [0.1, 0.15) is 26.3 Å². The summed E-state index contributed by atoms with van der Waals surface area (Å²) < 4.78 is 12.9. The molecule has 0 aliphatic carbocycles. The van der Waals surface area contributed by atoms with Crippen LogP contribution in [0.1, 0.15) is 227 Å². The van der Waals surface area contributed by atoms with E-state index in [1.54, 1.807) is 0 Å². The van der Waals surface area contributed by atoms with Crippen molar-refractivity contribution >= 4 is 12.2 Å². The highest BCUT2D eigenvalue weighted by Crippen LogP contribution is 2.24. The van der Waals surface area contributed by atoms with Crippen molar-refractivity contribution in [3.63, 3.8) is 0 Å². The number of amides is 2. The first-order chi connectivity index (χ1) is 28.2. The number of carbonyl (C=O) groups is 2. The molecule has 0 aromatic carbocycles. The molecule has 2 amide bonds. The molecule has 0 aliphatic heterocycles. The van der Waals surface area contributed by atoms with Crippen molar-refractivity contribution in [3.8, 4) is 0 Å². The first kappa shape index (κ1) is 64.7. The second-order valence-corrected chi connectivity index (χ2v) is 20.8. The van der Waals surface area contributed by atoms with Gasteiger partial charge in [-0.1, -0.05) is 189 Å². The first-order valence-electron chi connectivity index (χ1n) is 25.7. The van der Waals surface area contributed by atoms with E-state index in [0.29, 0.717) is 32.2 Å². The molecule has 0 fully saturated rings. The second-order valence-electron chi connectivity index (χ2n) is 20.8. The summed E-state index contributed by atoms with van der Waals surface area (Å²) >= 11 is 0. The number of hydrogen-bond donors (Lipinski definition) is 2. The first-order valence-corrected chi connectivity index (χ1v) is 25.7. The van der Waals surface area contributed by atoms with Crippen molar-refractivity contribution in [1.82, 2.24) is 10.6 Å². The van der Waals surface area contributed by atoms with Gasteiger partial charge in [0, 0.05) is 13.1 Å². The summed E-state index contributed by atoms with van der Waals surface area (Å²) in [7, 11) is 8.96. The summed E-state index contributed by atoms with van der Waals surface area (Å²) in [6.45, 7) is 17.0. The lowest BCUT2D eigenvalue weighted by molar-refractivity contribution is -0.890. The molecule has 2 N–H and O–H groups in total. The number of nitrogens with zero attached hydrogens (tertiary/aromatic N) is 2. The van der Waals surface area contributed by atoms with Gasteiger partial charge in [0.15, 0.2) is 0 Å². The van der Waals surface area contributed by atoms with Gasteiger partial charge in [-0.15, -0.1) is 0 Å². The van der Waals surface area contributed by atoms with Crippen LogP contribution in [0.2, 0.25) is 0 Å². The van der Waals surface area contributed by atoms with E-state index in [1.165, 1.54) is 180 Å². The van der Waals surface area contributed by atoms with E-state index in [-0.39, 0.29) is 51.6 Å². The molecule has 0 radical (unpaired) electrons. The van der Waals surface area contributed by atoms with E-state index in [4.69, 9.17) is 9.47 Å². The summed E-state index contributed by atoms with van der Waals surface area (Å²) in [6.07, 6.45) is 39.9. The lowest BCUT2D eigenvalue weighted by atomic mass is 9.85. The Kier molecular flexibility index (Phi) is 45.9. The molecular formula is C51H106Br2N4O4. The molecule has 0 bridgehead atoms. The van der Waals surface area contributed by atoms with Crippen LogP contribution in [-0.2, 0) is 9.47 Å². The summed E-state index contributed by atoms with van der Waals surface area (Å²) in [5.74, 6) is 0.320. The predicted octanol–water partition coefficient (Wildman–Crippen LogP) is 8.00. The van der Waals surface area contributed by atoms with E-state index in [9.17, 15) is 9.59 Å². The quantitative estimate of drug-likeness (QED) is 0.0480. The summed E-state index contributed by atoms with van der Waals surface area (Å²) in [5, 5.41) is 5.96. The largest absolute Gasteiger partial charge is 1.00 e. The van der Waals surface area contributed by atoms with Gasteiger partial charge < -0.3 is 63.0 Å². The van der Waals surface area contributed by atoms with E-state index in [1.807, 2.05) is 0 Å². The van der Waals surface area contributed by atoms with Gasteiger partial charge in [0.2, 0.25) is 0 Å². The molecule has 0 spiro atoms. The summed E-state index contributed by atoms with van der Waals surface area (Å²) in [5.41, 5.74) is -0.0620. The molecule has 0 heterocycles. The minimum Gasteiger partial charge on any atom is -1.00 e. The topological polar surface area (TPSA) is 76.7 Å². The average molecular weight is 999 g/mol. The smallest absolute Gasteiger partial charge is 0.407 e. The number of halogens is 2. The maximum atomic E-state index is 12.5. The Labute approximate surface area is 402 Å². The predicted molar refractivity (Wildman–Crippen MR) is 255 cm³/mol. The molecule has 1 atom stereocenters. The molecular weight excluding hydrogens is 892 g/mol. The maximum Gasteiger partial charge on any atom is 0.407 e. The molecule has 0 aromatic heterocycles. The molecule has 0 saturated heterocycles. The Morgan fingerprint density at radius 3 is 1.10 bits per heavy atom. The number of ether oxygens (including phenoxy) is 2. The van der Waals surface area contributed by atoms with Crippen LogP contribution in [0.4, 0.5) is 9.59 Å². The minimum absolute atomic E-state index is 0. The second kappa shape index (κ2) is 43.3. The number of quaternary nitrogens is 2. The van der Waals surface area contributed by atoms with Gasteiger partial charge >= 0.3 is 12.2 Å². The Morgan fingerprint density at radius 2 is 0.770 bits per heavy atom. The molecule has 0 aliphatic rings. The Hall–Kier alpha value is -0.580. The van der Waals surface area contributed by atoms with Gasteiger partial charge in [-0.25, -0.2) is 9.59 Å². The Morgan fingerprint density at radius 1 is 0.475 bits per heavy atom. The van der Waals surface area contributed by atoms with Crippen LogP contribution < -0.4 is 44.6 Å². The highest BCUT2D eigenvalue weighted by molar-refractivity contribution is 5.67. The van der Waals surface area contributed by atoms with Crippen LogP contribution in [0.5, 0.6) is 0 Å². The Bertz CT molecular complexity index is 969. The lowest BCUT2D eigenvalue weighted by Crippen LogP contribution is -3.00. The fourth-order valence-corrected chi connectivity index (χ4v) is 7.96. The standard InChI is InChI=1S/C51H104N4O4.2BrH/c1-10-12-14-16-18-20-22-24-26-28-30-32-34-36-40-54(6,7)42-44-58-49(56)52-46-48(3)38-39-51(4,5)47-53-50(57)59-45-43-55(8,9)41-37-35-33-31-29-27-25-23-21-19-17-15-13-11-2;;/h48H,10-47H2,1-9H3;2*1H. The van der Waals surface area contributed by atoms with Crippen LogP contribution in [0.15, 0.2) is 0 Å². The van der Waals surface area contributed by atoms with Crippen LogP contribution in [0, 0.1) is 11.3 Å². The van der Waals surface area contributed by atoms with Crippen molar-refractivity contribution in [2.45, 2.75) is 227 Å². The molecule has 1 unspecified atom stereocenters. The molecule has 10 heteroatoms. The van der Waals surface area contributed by atoms with Gasteiger partial charge in [-0.2, -0.15) is 0 Å². The number of alkyl carbamates (subject to hydrolysis) is 2. The third-order valence-corrected chi connectivity index (χ3v) is 12.7. The van der Waals surface area contributed by atoms with Crippen LogP contribution in [0.25, 0.3) is 0 Å². The van der Waals surface area contributed by atoms with Crippen LogP contribution in [0.3, 0.4) is 0 Å². The fourth-order valence-electron chi connectivity index (χ4n) is 7.96. The molecule has 61 heavy (non-hydrogen) atoms. The van der Waals surface area contributed by atoms with Crippen molar-refractivity contribution in [1.29, 1.82) is 0 Å². The zero-order valence-electron chi connectivity index (χ0n) is 42.2. The van der Waals surface area contributed by atoms with E-state index >= 15 is 0 Å². The van der Waals surface area contributed by atoms with E-state index in [0.717, 1.165) is 48.0 Å². The average Bonchev–Trinajstić information content (AvgIpc) is 3.18. The highest BCUT2D eigenvalue weighted by Gasteiger charge is 2.22. The number of hydrogen-bond acceptors (Lipinski definition) is 4. The van der Waals surface area contributed by atoms with Gasteiger partial charge in [-0.05, 0) is 49.9 Å². The van der Waals surface area contributed by atoms with Gasteiger partial charge in [-0.3, -0.25) is 0 Å². The lowest BCUT2D eigenvalue weighted by Gasteiger charge is -2.30. The Balaban J connectivity index is -0.0000168. The fraction of sp³-hybridized carbons (Fsp3) is 0.961. The van der Waals surface area contributed by atoms with Gasteiger partial charge in [0.25, 0.3) is 0 Å². The number of rotatable bonds is 43. The van der Waals surface area contributed by atoms with Crippen molar-refractivity contribution in [2.24, 2.45) is 11.3 Å². The number of unbranched alkanes of at least 4 members (excludes halogenated alkanes) is 26. The summed E-state index contributed by atoms with van der Waals surface area (Å²) in [4.78, 5) is 24.9. The zero-order valence-corrected chi connectivity index (χ0v) is 45.4. The van der Waals surface area contributed by atoms with E-state index < -0.39 is 0 Å². The third kappa shape index (κ3) is 47.2. The number of carbonyl (C=O) groups excluding carboxylic acids is 2. The van der Waals surface area contributed by atoms with Gasteiger partial charge in [0.05, 0.1) is 41.3 Å². The number of nitrogens with one attached hydrogen (secondary N) is 2. The minimum atomic E-state index is -0.326.